The molecule has 0 aromatic heterocycles. The number of carbonyl (C=O) groups excluding carboxylic acids is 3. The summed E-state index contributed by atoms with van der Waals surface area (Å²) in [4.78, 5) is 50.0. The van der Waals surface area contributed by atoms with Crippen LogP contribution < -0.4 is 0 Å². The van der Waals surface area contributed by atoms with Crippen molar-refractivity contribution in [1.29, 1.82) is 0 Å². The quantitative estimate of drug-likeness (QED) is 0.539. The van der Waals surface area contributed by atoms with Crippen LogP contribution in [0, 0.1) is 0 Å². The third kappa shape index (κ3) is 5.82. The van der Waals surface area contributed by atoms with Gasteiger partial charge in [0.15, 0.2) is 0 Å². The first-order chi connectivity index (χ1) is 16.8. The molecular formula is C26H40N4O6. The van der Waals surface area contributed by atoms with Gasteiger partial charge in [0, 0.05) is 26.7 Å². The molecule has 2 aliphatic heterocycles. The van der Waals surface area contributed by atoms with E-state index in [-0.39, 0.29) is 31.0 Å². The van der Waals surface area contributed by atoms with E-state index >= 15 is 0 Å². The number of aliphatic hydroxyl groups is 1. The highest BCUT2D eigenvalue weighted by Crippen LogP contribution is 2.43. The summed E-state index contributed by atoms with van der Waals surface area (Å²) in [6, 6.07) is 8.41. The zero-order chi connectivity index (χ0) is 26.8. The van der Waals surface area contributed by atoms with Crippen molar-refractivity contribution < 1.29 is 29.1 Å². The minimum Gasteiger partial charge on any atom is -0.444 e. The van der Waals surface area contributed by atoms with Crippen molar-refractivity contribution in [3.8, 4) is 0 Å². The minimum absolute atomic E-state index is 0.232. The molecule has 2 heterocycles. The second-order valence-electron chi connectivity index (χ2n) is 11.0. The first kappa shape index (κ1) is 27.9. The van der Waals surface area contributed by atoms with Gasteiger partial charge < -0.3 is 14.7 Å². The molecule has 2 aliphatic rings. The van der Waals surface area contributed by atoms with Gasteiger partial charge in [-0.05, 0) is 53.1 Å². The van der Waals surface area contributed by atoms with Crippen LogP contribution in [-0.4, -0.2) is 106 Å². The van der Waals surface area contributed by atoms with Crippen molar-refractivity contribution in [2.24, 2.45) is 0 Å². The van der Waals surface area contributed by atoms with Crippen molar-refractivity contribution in [1.82, 2.24) is 19.8 Å². The van der Waals surface area contributed by atoms with Gasteiger partial charge in [-0.1, -0.05) is 30.3 Å². The molecule has 10 nitrogen and oxygen atoms in total. The van der Waals surface area contributed by atoms with Gasteiger partial charge in [-0.3, -0.25) is 24.2 Å². The molecule has 0 aliphatic carbocycles. The summed E-state index contributed by atoms with van der Waals surface area (Å²) in [5, 5.41) is 11.6. The van der Waals surface area contributed by atoms with Crippen LogP contribution in [0.5, 0.6) is 0 Å². The van der Waals surface area contributed by atoms with E-state index in [4.69, 9.17) is 9.57 Å². The predicted octanol–water partition coefficient (Wildman–Crippen LogP) is 1.87. The Kier molecular flexibility index (Phi) is 8.32. The molecule has 2 fully saturated rings. The second kappa shape index (κ2) is 10.7. The molecule has 2 saturated heterocycles. The lowest BCUT2D eigenvalue weighted by molar-refractivity contribution is -0.242. The minimum atomic E-state index is -1.05. The third-order valence-electron chi connectivity index (χ3n) is 6.69. The SMILES string of the molecule is CC(O)C(C(=O)N(C)C)N(C)CC1CCC2(CN(OCc3ccccc3)C2=O)N1C(=O)OC(C)(C)C. The van der Waals surface area contributed by atoms with Gasteiger partial charge in [0.05, 0.1) is 12.6 Å². The van der Waals surface area contributed by atoms with Crippen molar-refractivity contribution in [3.63, 3.8) is 0 Å². The molecule has 0 bridgehead atoms. The fourth-order valence-corrected chi connectivity index (χ4v) is 5.00. The maximum Gasteiger partial charge on any atom is 0.411 e. The Hall–Kier alpha value is -2.69. The van der Waals surface area contributed by atoms with Crippen molar-refractivity contribution in [2.45, 2.75) is 76.5 Å². The van der Waals surface area contributed by atoms with Crippen LogP contribution in [0.4, 0.5) is 4.79 Å². The summed E-state index contributed by atoms with van der Waals surface area (Å²) in [6.45, 7) is 7.72. The smallest absolute Gasteiger partial charge is 0.411 e. The van der Waals surface area contributed by atoms with E-state index in [0.29, 0.717) is 19.4 Å². The highest BCUT2D eigenvalue weighted by atomic mass is 16.7. The molecule has 1 aromatic rings. The normalized spacial score (nSPS) is 23.6. The van der Waals surface area contributed by atoms with E-state index in [2.05, 4.69) is 0 Å². The van der Waals surface area contributed by atoms with Gasteiger partial charge in [0.25, 0.3) is 5.91 Å². The van der Waals surface area contributed by atoms with Crippen LogP contribution in [0.15, 0.2) is 30.3 Å². The molecule has 36 heavy (non-hydrogen) atoms. The second-order valence-corrected chi connectivity index (χ2v) is 11.0. The van der Waals surface area contributed by atoms with Crippen LogP contribution >= 0.6 is 0 Å². The van der Waals surface area contributed by atoms with E-state index in [9.17, 15) is 19.5 Å². The van der Waals surface area contributed by atoms with Crippen LogP contribution in [0.1, 0.15) is 46.1 Å². The molecular weight excluding hydrogens is 464 g/mol. The molecule has 4 unspecified atom stereocenters. The van der Waals surface area contributed by atoms with Crippen molar-refractivity contribution >= 4 is 17.9 Å². The molecule has 200 valence electrons. The lowest BCUT2D eigenvalue weighted by Gasteiger charge is -2.51. The van der Waals surface area contributed by atoms with Gasteiger partial charge in [0.2, 0.25) is 5.91 Å². The zero-order valence-electron chi connectivity index (χ0n) is 22.4. The van der Waals surface area contributed by atoms with E-state index in [1.165, 1.54) is 9.96 Å². The van der Waals surface area contributed by atoms with E-state index in [1.54, 1.807) is 58.6 Å². The Morgan fingerprint density at radius 1 is 1.19 bits per heavy atom. The summed E-state index contributed by atoms with van der Waals surface area (Å²) in [7, 11) is 5.02. The van der Waals surface area contributed by atoms with Gasteiger partial charge in [-0.15, -0.1) is 0 Å². The lowest BCUT2D eigenvalue weighted by atomic mass is 9.88. The average molecular weight is 505 g/mol. The monoisotopic (exact) mass is 504 g/mol. The number of carbonyl (C=O) groups is 3. The van der Waals surface area contributed by atoms with E-state index in [1.807, 2.05) is 30.3 Å². The molecule has 1 spiro atoms. The van der Waals surface area contributed by atoms with E-state index in [0.717, 1.165) is 5.56 Å². The summed E-state index contributed by atoms with van der Waals surface area (Å²) in [5.74, 6) is -0.505. The van der Waals surface area contributed by atoms with Crippen molar-refractivity contribution in [3.05, 3.63) is 35.9 Å². The zero-order valence-corrected chi connectivity index (χ0v) is 22.4. The summed E-state index contributed by atoms with van der Waals surface area (Å²) in [6.07, 6.45) is -0.454. The predicted molar refractivity (Wildman–Crippen MR) is 134 cm³/mol. The molecule has 4 atom stereocenters. The number of hydrogen-bond acceptors (Lipinski definition) is 7. The van der Waals surface area contributed by atoms with Gasteiger partial charge in [-0.2, -0.15) is 0 Å². The summed E-state index contributed by atoms with van der Waals surface area (Å²) in [5.41, 5.74) is -0.844. The third-order valence-corrected chi connectivity index (χ3v) is 6.69. The molecule has 3 rings (SSSR count). The number of benzene rings is 1. The standard InChI is InChI=1S/C26H40N4O6/c1-18(31)21(22(32)27(5)6)28(7)15-20-13-14-26(30(20)24(34)36-25(2,3)4)17-29(23(26)33)35-16-19-11-9-8-10-12-19/h8-12,18,20-21,31H,13-17H2,1-7H3. The number of rotatable bonds is 8. The highest BCUT2D eigenvalue weighted by Gasteiger charge is 2.64. The molecule has 0 saturated carbocycles. The Balaban J connectivity index is 1.78. The van der Waals surface area contributed by atoms with Crippen LogP contribution in [0.2, 0.25) is 0 Å². The fraction of sp³-hybridized carbons (Fsp3) is 0.654. The molecule has 0 radical (unpaired) electrons. The number of β-lactam (4-membered cyclic amide) rings is 1. The molecule has 10 heteroatoms. The van der Waals surface area contributed by atoms with Crippen LogP contribution in [0.3, 0.4) is 0 Å². The number of hydrogen-bond donors (Lipinski definition) is 1. The first-order valence-corrected chi connectivity index (χ1v) is 12.4. The topological polar surface area (TPSA) is 103 Å². The van der Waals surface area contributed by atoms with Gasteiger partial charge in [0.1, 0.15) is 23.8 Å². The first-order valence-electron chi connectivity index (χ1n) is 12.4. The van der Waals surface area contributed by atoms with Crippen LogP contribution in [0.25, 0.3) is 0 Å². The summed E-state index contributed by atoms with van der Waals surface area (Å²) < 4.78 is 5.70. The Labute approximate surface area is 213 Å². The Bertz CT molecular complexity index is 948. The number of amides is 3. The maximum absolute atomic E-state index is 13.4. The Morgan fingerprint density at radius 3 is 2.36 bits per heavy atom. The maximum atomic E-state index is 13.4. The number of likely N-dealkylation sites (tertiary alicyclic amines) is 1. The largest absolute Gasteiger partial charge is 0.444 e. The fourth-order valence-electron chi connectivity index (χ4n) is 5.00. The number of hydroxylamine groups is 2. The summed E-state index contributed by atoms with van der Waals surface area (Å²) >= 11 is 0. The highest BCUT2D eigenvalue weighted by molar-refractivity contribution is 5.95. The lowest BCUT2D eigenvalue weighted by Crippen LogP contribution is -2.74. The number of likely N-dealkylation sites (N-methyl/N-ethyl adjacent to an activating group) is 2. The van der Waals surface area contributed by atoms with Gasteiger partial charge in [-0.25, -0.2) is 9.86 Å². The number of aliphatic hydroxyl groups excluding tert-OH is 1. The number of ether oxygens (including phenoxy) is 1. The average Bonchev–Trinajstić information content (AvgIpc) is 3.16. The van der Waals surface area contributed by atoms with Crippen molar-refractivity contribution in [2.75, 3.05) is 34.2 Å². The molecule has 3 amide bonds. The number of nitrogens with zero attached hydrogens (tertiary/aromatic N) is 4. The Morgan fingerprint density at radius 2 is 1.83 bits per heavy atom. The molecule has 1 N–H and O–H groups in total. The molecule has 1 aromatic carbocycles. The van der Waals surface area contributed by atoms with Crippen LogP contribution in [-0.2, 0) is 25.8 Å². The van der Waals surface area contributed by atoms with Gasteiger partial charge >= 0.3 is 6.09 Å². The van der Waals surface area contributed by atoms with E-state index < -0.39 is 29.4 Å².